The Balaban J connectivity index is 1.55. The second kappa shape index (κ2) is 11.9. The monoisotopic (exact) mass is 525 g/mol. The number of amides is 2. The Labute approximate surface area is 217 Å². The summed E-state index contributed by atoms with van der Waals surface area (Å²) in [5, 5.41) is 2.31. The molecule has 3 aromatic carbocycles. The SMILES string of the molecule is COc1ccc(CCN2C(=O)C[C@@H](C(=O)Nc3ccc(F)cc3)SC2=Nc2ccc(F)cc2)cc1OC. The zero-order chi connectivity index (χ0) is 26.4. The van der Waals surface area contributed by atoms with E-state index in [1.54, 1.807) is 20.3 Å². The van der Waals surface area contributed by atoms with Crippen molar-refractivity contribution in [2.45, 2.75) is 18.1 Å². The number of amidine groups is 1. The molecule has 0 unspecified atom stereocenters. The molecular weight excluding hydrogens is 500 g/mol. The molecule has 7 nitrogen and oxygen atoms in total. The zero-order valence-electron chi connectivity index (χ0n) is 20.2. The van der Waals surface area contributed by atoms with Crippen LogP contribution in [0.1, 0.15) is 12.0 Å². The Bertz CT molecular complexity index is 1300. The molecule has 1 fully saturated rings. The Kier molecular flexibility index (Phi) is 8.39. The third-order valence-electron chi connectivity index (χ3n) is 5.67. The van der Waals surface area contributed by atoms with Crippen LogP contribution in [0.2, 0.25) is 0 Å². The molecule has 0 spiro atoms. The van der Waals surface area contributed by atoms with Gasteiger partial charge in [-0.2, -0.15) is 0 Å². The second-order valence-electron chi connectivity index (χ2n) is 8.16. The van der Waals surface area contributed by atoms with Crippen molar-refractivity contribution in [2.75, 3.05) is 26.1 Å². The minimum Gasteiger partial charge on any atom is -0.493 e. The number of aliphatic imine (C=N–C) groups is 1. The standard InChI is InChI=1S/C27H25F2N3O4S/c1-35-22-12-3-17(15-23(22)36-2)13-14-32-25(33)16-24(26(34)30-20-8-4-18(28)5-9-20)37-27(32)31-21-10-6-19(29)7-11-21/h3-12,15,24H,13-14,16H2,1-2H3,(H,30,34)/t24-/m0/s1. The van der Waals surface area contributed by atoms with Crippen molar-refractivity contribution in [1.29, 1.82) is 0 Å². The fourth-order valence-corrected chi connectivity index (χ4v) is 4.85. The molecule has 37 heavy (non-hydrogen) atoms. The van der Waals surface area contributed by atoms with Crippen molar-refractivity contribution in [2.24, 2.45) is 4.99 Å². The van der Waals surface area contributed by atoms with E-state index in [4.69, 9.17) is 9.47 Å². The van der Waals surface area contributed by atoms with Gasteiger partial charge in [0.2, 0.25) is 11.8 Å². The predicted octanol–water partition coefficient (Wildman–Crippen LogP) is 5.19. The van der Waals surface area contributed by atoms with Crippen molar-refractivity contribution in [3.63, 3.8) is 0 Å². The van der Waals surface area contributed by atoms with E-state index in [9.17, 15) is 18.4 Å². The summed E-state index contributed by atoms with van der Waals surface area (Å²) in [5.74, 6) is -0.297. The summed E-state index contributed by atoms with van der Waals surface area (Å²) in [6.45, 7) is 0.313. The first kappa shape index (κ1) is 26.2. The van der Waals surface area contributed by atoms with Gasteiger partial charge in [-0.25, -0.2) is 13.8 Å². The molecule has 0 aromatic heterocycles. The summed E-state index contributed by atoms with van der Waals surface area (Å²) in [7, 11) is 3.11. The number of carbonyl (C=O) groups is 2. The summed E-state index contributed by atoms with van der Waals surface area (Å²) >= 11 is 1.15. The number of nitrogens with zero attached hydrogens (tertiary/aromatic N) is 2. The number of anilines is 1. The third kappa shape index (κ3) is 6.65. The van der Waals surface area contributed by atoms with Crippen LogP contribution >= 0.6 is 11.8 Å². The van der Waals surface area contributed by atoms with Crippen LogP contribution in [0.15, 0.2) is 71.7 Å². The first-order valence-corrected chi connectivity index (χ1v) is 12.3. The lowest BCUT2D eigenvalue weighted by atomic mass is 10.1. The topological polar surface area (TPSA) is 80.2 Å². The van der Waals surface area contributed by atoms with Crippen LogP contribution < -0.4 is 14.8 Å². The quantitative estimate of drug-likeness (QED) is 0.438. The molecule has 1 heterocycles. The van der Waals surface area contributed by atoms with Gasteiger partial charge in [-0.05, 0) is 72.6 Å². The van der Waals surface area contributed by atoms with Gasteiger partial charge in [0, 0.05) is 18.7 Å². The first-order valence-electron chi connectivity index (χ1n) is 11.4. The maximum atomic E-state index is 13.4. The number of benzene rings is 3. The summed E-state index contributed by atoms with van der Waals surface area (Å²) < 4.78 is 37.3. The highest BCUT2D eigenvalue weighted by molar-refractivity contribution is 8.15. The summed E-state index contributed by atoms with van der Waals surface area (Å²) in [5.41, 5.74) is 1.80. The third-order valence-corrected chi connectivity index (χ3v) is 6.85. The number of hydrogen-bond acceptors (Lipinski definition) is 6. The normalized spacial score (nSPS) is 16.5. The Morgan fingerprint density at radius 1 is 1.00 bits per heavy atom. The van der Waals surface area contributed by atoms with Gasteiger partial charge in [-0.3, -0.25) is 14.5 Å². The molecule has 1 N–H and O–H groups in total. The van der Waals surface area contributed by atoms with Gasteiger partial charge in [0.05, 0.1) is 19.9 Å². The maximum Gasteiger partial charge on any atom is 0.238 e. The molecule has 10 heteroatoms. The van der Waals surface area contributed by atoms with Gasteiger partial charge in [0.15, 0.2) is 16.7 Å². The fourth-order valence-electron chi connectivity index (χ4n) is 3.72. The Morgan fingerprint density at radius 3 is 2.30 bits per heavy atom. The predicted molar refractivity (Wildman–Crippen MR) is 139 cm³/mol. The number of nitrogens with one attached hydrogen (secondary N) is 1. The van der Waals surface area contributed by atoms with E-state index in [1.807, 2.05) is 12.1 Å². The Morgan fingerprint density at radius 2 is 1.65 bits per heavy atom. The molecule has 1 atom stereocenters. The molecule has 0 radical (unpaired) electrons. The fraction of sp³-hybridized carbons (Fsp3) is 0.222. The lowest BCUT2D eigenvalue weighted by Crippen LogP contribution is -2.46. The van der Waals surface area contributed by atoms with Crippen LogP contribution in [0.5, 0.6) is 11.5 Å². The van der Waals surface area contributed by atoms with Crippen molar-refractivity contribution in [3.8, 4) is 11.5 Å². The number of rotatable bonds is 8. The largest absolute Gasteiger partial charge is 0.493 e. The number of halogens is 2. The second-order valence-corrected chi connectivity index (χ2v) is 9.33. The van der Waals surface area contributed by atoms with Gasteiger partial charge in [0.1, 0.15) is 16.9 Å². The number of carbonyl (C=O) groups excluding carboxylic acids is 2. The van der Waals surface area contributed by atoms with Gasteiger partial charge < -0.3 is 14.8 Å². The molecule has 2 amide bonds. The van der Waals surface area contributed by atoms with Crippen molar-refractivity contribution in [1.82, 2.24) is 4.90 Å². The number of hydrogen-bond donors (Lipinski definition) is 1. The zero-order valence-corrected chi connectivity index (χ0v) is 21.1. The van der Waals surface area contributed by atoms with E-state index in [-0.39, 0.29) is 12.3 Å². The van der Waals surface area contributed by atoms with E-state index in [0.29, 0.717) is 41.0 Å². The minimum absolute atomic E-state index is 0.0356. The van der Waals surface area contributed by atoms with E-state index in [2.05, 4.69) is 10.3 Å². The molecule has 4 rings (SSSR count). The van der Waals surface area contributed by atoms with Crippen LogP contribution in [-0.4, -0.2) is 47.9 Å². The lowest BCUT2D eigenvalue weighted by molar-refractivity contribution is -0.129. The molecule has 1 aliphatic rings. The highest BCUT2D eigenvalue weighted by Crippen LogP contribution is 2.31. The summed E-state index contributed by atoms with van der Waals surface area (Å²) in [4.78, 5) is 32.2. The number of ether oxygens (including phenoxy) is 2. The molecule has 3 aromatic rings. The molecule has 1 saturated heterocycles. The van der Waals surface area contributed by atoms with Gasteiger partial charge in [-0.15, -0.1) is 0 Å². The molecule has 1 aliphatic heterocycles. The maximum absolute atomic E-state index is 13.4. The van der Waals surface area contributed by atoms with E-state index < -0.39 is 22.8 Å². The summed E-state index contributed by atoms with van der Waals surface area (Å²) in [6, 6.07) is 16.5. The molecule has 0 saturated carbocycles. The average molecular weight is 526 g/mol. The van der Waals surface area contributed by atoms with Crippen LogP contribution in [0.25, 0.3) is 0 Å². The van der Waals surface area contributed by atoms with Gasteiger partial charge in [0.25, 0.3) is 0 Å². The van der Waals surface area contributed by atoms with E-state index in [0.717, 1.165) is 17.3 Å². The van der Waals surface area contributed by atoms with Crippen molar-refractivity contribution >= 4 is 40.1 Å². The molecule has 192 valence electrons. The van der Waals surface area contributed by atoms with Crippen molar-refractivity contribution in [3.05, 3.63) is 83.9 Å². The molecular formula is C27H25F2N3O4S. The van der Waals surface area contributed by atoms with Crippen LogP contribution in [-0.2, 0) is 16.0 Å². The number of methoxy groups -OCH3 is 2. The van der Waals surface area contributed by atoms with E-state index in [1.165, 1.54) is 53.4 Å². The Hall–Kier alpha value is -3.92. The average Bonchev–Trinajstić information content (AvgIpc) is 2.90. The molecule has 0 aliphatic carbocycles. The van der Waals surface area contributed by atoms with Gasteiger partial charge in [-0.1, -0.05) is 17.8 Å². The number of thioether (sulfide) groups is 1. The first-order chi connectivity index (χ1) is 17.9. The van der Waals surface area contributed by atoms with Crippen LogP contribution in [0.3, 0.4) is 0 Å². The highest BCUT2D eigenvalue weighted by Gasteiger charge is 2.35. The van der Waals surface area contributed by atoms with Crippen LogP contribution in [0, 0.1) is 11.6 Å². The van der Waals surface area contributed by atoms with Crippen molar-refractivity contribution < 1.29 is 27.8 Å². The van der Waals surface area contributed by atoms with E-state index >= 15 is 0 Å². The molecule has 0 bridgehead atoms. The lowest BCUT2D eigenvalue weighted by Gasteiger charge is -2.32. The van der Waals surface area contributed by atoms with Gasteiger partial charge >= 0.3 is 0 Å². The smallest absolute Gasteiger partial charge is 0.238 e. The minimum atomic E-state index is -0.742. The summed E-state index contributed by atoms with van der Waals surface area (Å²) in [6.07, 6.45) is 0.466. The highest BCUT2D eigenvalue weighted by atomic mass is 32.2. The van der Waals surface area contributed by atoms with Crippen LogP contribution in [0.4, 0.5) is 20.2 Å².